The van der Waals surface area contributed by atoms with Crippen LogP contribution in [0.1, 0.15) is 47.7 Å². The molecule has 0 saturated heterocycles. The number of aromatic nitrogens is 1. The van der Waals surface area contributed by atoms with E-state index in [1.165, 1.54) is 5.69 Å². The molecule has 1 aliphatic rings. The number of benzene rings is 1. The fourth-order valence-corrected chi connectivity index (χ4v) is 3.04. The fourth-order valence-electron chi connectivity index (χ4n) is 3.04. The average Bonchev–Trinajstić information content (AvgIpc) is 2.82. The highest BCUT2D eigenvalue weighted by atomic mass is 16.1. The Morgan fingerprint density at radius 1 is 1.21 bits per heavy atom. The Hall–Kier alpha value is -1.81. The molecule has 0 bridgehead atoms. The van der Waals surface area contributed by atoms with E-state index in [0.717, 1.165) is 36.6 Å². The molecule has 1 aromatic heterocycles. The molecule has 1 fully saturated rings. The molecular formula is C15H19N3O. The second kappa shape index (κ2) is 4.70. The summed E-state index contributed by atoms with van der Waals surface area (Å²) in [6.45, 7) is 0. The summed E-state index contributed by atoms with van der Waals surface area (Å²) in [6.07, 6.45) is 4.37. The van der Waals surface area contributed by atoms with Crippen LogP contribution in [0.3, 0.4) is 0 Å². The maximum Gasteiger partial charge on any atom is 0.249 e. The number of carbonyl (C=O) groups excluding carboxylic acids is 1. The molecule has 3 rings (SSSR count). The first-order valence-corrected chi connectivity index (χ1v) is 6.82. The molecule has 1 amide bonds. The summed E-state index contributed by atoms with van der Waals surface area (Å²) in [5, 5.41) is 0.930. The van der Waals surface area contributed by atoms with Gasteiger partial charge >= 0.3 is 0 Å². The topological polar surface area (TPSA) is 84.9 Å². The van der Waals surface area contributed by atoms with Gasteiger partial charge in [0.25, 0.3) is 0 Å². The molecule has 0 spiro atoms. The van der Waals surface area contributed by atoms with Crippen LogP contribution < -0.4 is 11.5 Å². The van der Waals surface area contributed by atoms with Crippen LogP contribution >= 0.6 is 0 Å². The third-order valence-electron chi connectivity index (χ3n) is 4.16. The number of primary amides is 1. The molecule has 1 aliphatic carbocycles. The van der Waals surface area contributed by atoms with Gasteiger partial charge in [0, 0.05) is 28.2 Å². The van der Waals surface area contributed by atoms with E-state index in [9.17, 15) is 4.79 Å². The number of amides is 1. The first-order chi connectivity index (χ1) is 9.15. The number of rotatable bonds is 2. The molecule has 0 unspecified atom stereocenters. The molecule has 2 aromatic rings. The van der Waals surface area contributed by atoms with Gasteiger partial charge in [-0.05, 0) is 49.8 Å². The molecule has 4 heteroatoms. The fraction of sp³-hybridized carbons (Fsp3) is 0.400. The number of carbonyl (C=O) groups is 1. The van der Waals surface area contributed by atoms with E-state index in [2.05, 4.69) is 11.1 Å². The maximum absolute atomic E-state index is 11.4. The number of hydrogen-bond donors (Lipinski definition) is 3. The Balaban J connectivity index is 1.98. The number of nitrogens with two attached hydrogens (primary N) is 2. The van der Waals surface area contributed by atoms with E-state index in [1.54, 1.807) is 6.07 Å². The first kappa shape index (κ1) is 12.2. The predicted molar refractivity (Wildman–Crippen MR) is 76.0 cm³/mol. The lowest BCUT2D eigenvalue weighted by Gasteiger charge is -2.25. The van der Waals surface area contributed by atoms with E-state index in [4.69, 9.17) is 11.5 Å². The summed E-state index contributed by atoms with van der Waals surface area (Å²) in [5.74, 6) is 0.148. The Labute approximate surface area is 112 Å². The second-order valence-corrected chi connectivity index (χ2v) is 5.47. The van der Waals surface area contributed by atoms with Gasteiger partial charge in [-0.15, -0.1) is 0 Å². The van der Waals surface area contributed by atoms with Gasteiger partial charge in [0.05, 0.1) is 0 Å². The molecular weight excluding hydrogens is 238 g/mol. The molecule has 4 nitrogen and oxygen atoms in total. The molecule has 0 aliphatic heterocycles. The molecule has 100 valence electrons. The number of nitrogens with one attached hydrogen (secondary N) is 1. The molecule has 0 radical (unpaired) electrons. The van der Waals surface area contributed by atoms with Crippen molar-refractivity contribution in [2.45, 2.75) is 37.6 Å². The summed E-state index contributed by atoms with van der Waals surface area (Å²) >= 11 is 0. The molecule has 1 saturated carbocycles. The van der Waals surface area contributed by atoms with Crippen molar-refractivity contribution >= 4 is 16.8 Å². The Morgan fingerprint density at radius 2 is 1.95 bits per heavy atom. The smallest absolute Gasteiger partial charge is 0.249 e. The lowest BCUT2D eigenvalue weighted by molar-refractivity contribution is 0.100. The zero-order chi connectivity index (χ0) is 13.4. The van der Waals surface area contributed by atoms with E-state index in [0.29, 0.717) is 17.5 Å². The third-order valence-corrected chi connectivity index (χ3v) is 4.16. The van der Waals surface area contributed by atoms with Gasteiger partial charge in [-0.2, -0.15) is 0 Å². The van der Waals surface area contributed by atoms with E-state index < -0.39 is 0 Å². The van der Waals surface area contributed by atoms with Gasteiger partial charge in [0.15, 0.2) is 0 Å². The highest BCUT2D eigenvalue weighted by molar-refractivity contribution is 6.05. The standard InChI is InChI=1S/C15H19N3O/c16-10-6-4-9(5-7-10)14-8-12-11(15(17)19)2-1-3-13(12)18-14/h1-3,8-10,18H,4-7,16H2,(H2,17,19). The van der Waals surface area contributed by atoms with Crippen LogP contribution in [-0.2, 0) is 0 Å². The highest BCUT2D eigenvalue weighted by Crippen LogP contribution is 2.34. The van der Waals surface area contributed by atoms with Crippen LogP contribution in [0.5, 0.6) is 0 Å². The van der Waals surface area contributed by atoms with E-state index in [-0.39, 0.29) is 5.91 Å². The zero-order valence-electron chi connectivity index (χ0n) is 10.9. The van der Waals surface area contributed by atoms with Crippen LogP contribution in [0.15, 0.2) is 24.3 Å². The number of aromatic amines is 1. The number of fused-ring (bicyclic) bond motifs is 1. The quantitative estimate of drug-likeness (QED) is 0.770. The summed E-state index contributed by atoms with van der Waals surface area (Å²) < 4.78 is 0. The average molecular weight is 257 g/mol. The first-order valence-electron chi connectivity index (χ1n) is 6.82. The Kier molecular flexibility index (Phi) is 3.03. The van der Waals surface area contributed by atoms with Crippen molar-refractivity contribution in [3.05, 3.63) is 35.5 Å². The summed E-state index contributed by atoms with van der Waals surface area (Å²) in [7, 11) is 0. The third kappa shape index (κ3) is 2.24. The lowest BCUT2D eigenvalue weighted by atomic mass is 9.84. The second-order valence-electron chi connectivity index (χ2n) is 5.47. The van der Waals surface area contributed by atoms with Crippen molar-refractivity contribution in [3.8, 4) is 0 Å². The van der Waals surface area contributed by atoms with Crippen LogP contribution in [0.4, 0.5) is 0 Å². The normalized spacial score (nSPS) is 23.6. The number of hydrogen-bond acceptors (Lipinski definition) is 2. The van der Waals surface area contributed by atoms with E-state index >= 15 is 0 Å². The summed E-state index contributed by atoms with van der Waals surface area (Å²) in [5.41, 5.74) is 14.1. The molecule has 0 atom stereocenters. The van der Waals surface area contributed by atoms with Crippen LogP contribution in [0, 0.1) is 0 Å². The van der Waals surface area contributed by atoms with Crippen LogP contribution in [-0.4, -0.2) is 16.9 Å². The Bertz CT molecular complexity index is 609. The van der Waals surface area contributed by atoms with Gasteiger partial charge in [-0.25, -0.2) is 0 Å². The minimum Gasteiger partial charge on any atom is -0.366 e. The zero-order valence-corrected chi connectivity index (χ0v) is 10.9. The van der Waals surface area contributed by atoms with Crippen molar-refractivity contribution in [2.75, 3.05) is 0 Å². The van der Waals surface area contributed by atoms with Crippen molar-refractivity contribution in [3.63, 3.8) is 0 Å². The minimum atomic E-state index is -0.373. The molecule has 1 aromatic carbocycles. The number of H-pyrrole nitrogens is 1. The SMILES string of the molecule is NC(=O)c1cccc2[nH]c(C3CCC(N)CC3)cc12. The Morgan fingerprint density at radius 3 is 2.63 bits per heavy atom. The summed E-state index contributed by atoms with van der Waals surface area (Å²) in [6, 6.07) is 8.05. The predicted octanol–water partition coefficient (Wildman–Crippen LogP) is 2.25. The molecule has 5 N–H and O–H groups in total. The van der Waals surface area contributed by atoms with Gasteiger partial charge in [-0.3, -0.25) is 4.79 Å². The van der Waals surface area contributed by atoms with Crippen molar-refractivity contribution < 1.29 is 4.79 Å². The van der Waals surface area contributed by atoms with Crippen LogP contribution in [0.25, 0.3) is 10.9 Å². The summed E-state index contributed by atoms with van der Waals surface area (Å²) in [4.78, 5) is 14.9. The largest absolute Gasteiger partial charge is 0.366 e. The lowest BCUT2D eigenvalue weighted by Crippen LogP contribution is -2.25. The van der Waals surface area contributed by atoms with E-state index in [1.807, 2.05) is 12.1 Å². The van der Waals surface area contributed by atoms with Gasteiger partial charge in [-0.1, -0.05) is 6.07 Å². The van der Waals surface area contributed by atoms with Gasteiger partial charge in [0.1, 0.15) is 0 Å². The van der Waals surface area contributed by atoms with Gasteiger partial charge < -0.3 is 16.5 Å². The minimum absolute atomic E-state index is 0.349. The van der Waals surface area contributed by atoms with Crippen LogP contribution in [0.2, 0.25) is 0 Å². The van der Waals surface area contributed by atoms with Crippen molar-refractivity contribution in [2.24, 2.45) is 11.5 Å². The maximum atomic E-state index is 11.4. The van der Waals surface area contributed by atoms with Gasteiger partial charge in [0.2, 0.25) is 5.91 Å². The monoisotopic (exact) mass is 257 g/mol. The molecule has 1 heterocycles. The highest BCUT2D eigenvalue weighted by Gasteiger charge is 2.22. The van der Waals surface area contributed by atoms with Crippen molar-refractivity contribution in [1.29, 1.82) is 0 Å². The molecule has 19 heavy (non-hydrogen) atoms. The van der Waals surface area contributed by atoms with Crippen molar-refractivity contribution in [1.82, 2.24) is 4.98 Å².